The van der Waals surface area contributed by atoms with E-state index >= 15 is 0 Å². The van der Waals surface area contributed by atoms with Gasteiger partial charge in [0.25, 0.3) is 0 Å². The van der Waals surface area contributed by atoms with Gasteiger partial charge in [0.2, 0.25) is 0 Å². The van der Waals surface area contributed by atoms with Crippen molar-refractivity contribution >= 4 is 11.8 Å². The van der Waals surface area contributed by atoms with Crippen molar-refractivity contribution in [1.29, 1.82) is 0 Å². The zero-order chi connectivity index (χ0) is 22.7. The number of rotatable bonds is 14. The Kier molecular flexibility index (Phi) is 11.6. The van der Waals surface area contributed by atoms with Crippen LogP contribution in [0, 0.1) is 23.2 Å². The first kappa shape index (κ1) is 26.6. The molecule has 0 saturated heterocycles. The second-order valence-electron chi connectivity index (χ2n) is 10.3. The molecule has 1 unspecified atom stereocenters. The van der Waals surface area contributed by atoms with E-state index in [-0.39, 0.29) is 5.92 Å². The number of hydrogen-bond donors (Lipinski definition) is 2. The Morgan fingerprint density at radius 3 is 2.53 bits per heavy atom. The molecular formula is C26H44O4. The lowest BCUT2D eigenvalue weighted by molar-refractivity contribution is -0.153. The molecule has 2 N–H and O–H groups in total. The van der Waals surface area contributed by atoms with Gasteiger partial charge in [0.1, 0.15) is 5.78 Å². The standard InChI is InChI=1S/C26H44O4/c1-19(2)18-20(3)12-8-6-7-9-13-21-15-16-23(27)22(21)14-10-11-17-26(4,5)24(28)25(29)30/h9,12-13,19,21-22,24,28H,6-8,10-11,14-18H2,1-5H3,(H,29,30)/t21-,22+,24?/m0/s1. The van der Waals surface area contributed by atoms with Crippen molar-refractivity contribution in [3.8, 4) is 0 Å². The van der Waals surface area contributed by atoms with Crippen LogP contribution in [0.1, 0.15) is 98.8 Å². The third-order valence-corrected chi connectivity index (χ3v) is 6.40. The molecule has 172 valence electrons. The van der Waals surface area contributed by atoms with Crippen LogP contribution in [0.4, 0.5) is 0 Å². The summed E-state index contributed by atoms with van der Waals surface area (Å²) in [6, 6.07) is 0. The molecule has 0 aromatic carbocycles. The highest BCUT2D eigenvalue weighted by Crippen LogP contribution is 2.35. The Balaban J connectivity index is 2.36. The van der Waals surface area contributed by atoms with Gasteiger partial charge in [-0.3, -0.25) is 4.79 Å². The summed E-state index contributed by atoms with van der Waals surface area (Å²) < 4.78 is 0. The minimum absolute atomic E-state index is 0.113. The average molecular weight is 421 g/mol. The third kappa shape index (κ3) is 9.59. The fraction of sp³-hybridized carbons (Fsp3) is 0.769. The van der Waals surface area contributed by atoms with Gasteiger partial charge in [-0.25, -0.2) is 4.79 Å². The van der Waals surface area contributed by atoms with E-state index < -0.39 is 17.5 Å². The molecule has 4 nitrogen and oxygen atoms in total. The molecule has 0 bridgehead atoms. The molecule has 30 heavy (non-hydrogen) atoms. The van der Waals surface area contributed by atoms with Crippen LogP contribution in [0.15, 0.2) is 23.8 Å². The zero-order valence-corrected chi connectivity index (χ0v) is 19.8. The number of carbonyl (C=O) groups excluding carboxylic acids is 1. The second-order valence-corrected chi connectivity index (χ2v) is 10.3. The molecule has 0 spiro atoms. The summed E-state index contributed by atoms with van der Waals surface area (Å²) in [5.74, 6) is 0.394. The van der Waals surface area contributed by atoms with Crippen molar-refractivity contribution in [3.63, 3.8) is 0 Å². The number of aliphatic carboxylic acids is 1. The second kappa shape index (κ2) is 13.1. The predicted octanol–water partition coefficient (Wildman–Crippen LogP) is 6.33. The van der Waals surface area contributed by atoms with E-state index in [0.717, 1.165) is 44.9 Å². The maximum absolute atomic E-state index is 12.3. The van der Waals surface area contributed by atoms with Crippen LogP contribution in [0.3, 0.4) is 0 Å². The number of hydrogen-bond acceptors (Lipinski definition) is 3. The first-order valence-electron chi connectivity index (χ1n) is 11.8. The van der Waals surface area contributed by atoms with Gasteiger partial charge < -0.3 is 10.2 Å². The summed E-state index contributed by atoms with van der Waals surface area (Å²) in [4.78, 5) is 23.3. The lowest BCUT2D eigenvalue weighted by Gasteiger charge is -2.27. The van der Waals surface area contributed by atoms with Gasteiger partial charge in [-0.2, -0.15) is 0 Å². The van der Waals surface area contributed by atoms with Crippen LogP contribution in [-0.2, 0) is 9.59 Å². The Morgan fingerprint density at radius 2 is 1.90 bits per heavy atom. The SMILES string of the molecule is CC(=CCCCC=C[C@H]1CCC(=O)[C@@H]1CCCCC(C)(C)C(O)C(=O)O)CC(C)C. The van der Waals surface area contributed by atoms with Gasteiger partial charge in [0.05, 0.1) is 0 Å². The molecular weight excluding hydrogens is 376 g/mol. The number of aliphatic hydroxyl groups is 1. The van der Waals surface area contributed by atoms with Gasteiger partial charge in [-0.15, -0.1) is 0 Å². The molecule has 0 amide bonds. The molecule has 0 radical (unpaired) electrons. The predicted molar refractivity (Wildman–Crippen MR) is 123 cm³/mol. The Labute approximate surface area is 183 Å². The monoisotopic (exact) mass is 420 g/mol. The lowest BCUT2D eigenvalue weighted by Crippen LogP contribution is -2.36. The minimum Gasteiger partial charge on any atom is -0.479 e. The van der Waals surface area contributed by atoms with Crippen molar-refractivity contribution in [1.82, 2.24) is 0 Å². The van der Waals surface area contributed by atoms with Gasteiger partial charge in [-0.1, -0.05) is 64.3 Å². The summed E-state index contributed by atoms with van der Waals surface area (Å²) in [5.41, 5.74) is 0.835. The fourth-order valence-corrected chi connectivity index (χ4v) is 4.54. The van der Waals surface area contributed by atoms with E-state index in [1.807, 2.05) is 0 Å². The largest absolute Gasteiger partial charge is 0.479 e. The first-order valence-corrected chi connectivity index (χ1v) is 11.8. The first-order chi connectivity index (χ1) is 14.0. The molecule has 0 aliphatic heterocycles. The van der Waals surface area contributed by atoms with E-state index in [0.29, 0.717) is 30.5 Å². The van der Waals surface area contributed by atoms with Crippen molar-refractivity contribution in [2.75, 3.05) is 0 Å². The average Bonchev–Trinajstić information content (AvgIpc) is 3.00. The number of carboxylic acid groups (broad SMARTS) is 1. The molecule has 0 aromatic heterocycles. The number of Topliss-reactive ketones (excluding diaryl/α,β-unsaturated/α-hetero) is 1. The Bertz CT molecular complexity index is 600. The summed E-state index contributed by atoms with van der Waals surface area (Å²) in [6.07, 6.45) is 14.9. The minimum atomic E-state index is -1.34. The van der Waals surface area contributed by atoms with Crippen molar-refractivity contribution in [2.45, 2.75) is 105 Å². The molecule has 1 saturated carbocycles. The van der Waals surface area contributed by atoms with E-state index in [2.05, 4.69) is 39.0 Å². The van der Waals surface area contributed by atoms with E-state index in [1.165, 1.54) is 12.0 Å². The summed E-state index contributed by atoms with van der Waals surface area (Å²) in [7, 11) is 0. The molecule has 0 heterocycles. The van der Waals surface area contributed by atoms with Crippen LogP contribution < -0.4 is 0 Å². The Morgan fingerprint density at radius 1 is 1.20 bits per heavy atom. The van der Waals surface area contributed by atoms with Crippen molar-refractivity contribution in [3.05, 3.63) is 23.8 Å². The topological polar surface area (TPSA) is 74.6 Å². The maximum atomic E-state index is 12.3. The van der Waals surface area contributed by atoms with E-state index in [1.54, 1.807) is 13.8 Å². The molecule has 1 rings (SSSR count). The van der Waals surface area contributed by atoms with Crippen LogP contribution in [0.25, 0.3) is 0 Å². The number of carbonyl (C=O) groups is 2. The normalized spacial score (nSPS) is 21.7. The van der Waals surface area contributed by atoms with Gasteiger partial charge >= 0.3 is 5.97 Å². The smallest absolute Gasteiger partial charge is 0.333 e. The summed E-state index contributed by atoms with van der Waals surface area (Å²) in [5, 5.41) is 18.8. The fourth-order valence-electron chi connectivity index (χ4n) is 4.54. The highest BCUT2D eigenvalue weighted by atomic mass is 16.4. The maximum Gasteiger partial charge on any atom is 0.333 e. The van der Waals surface area contributed by atoms with Crippen LogP contribution in [-0.4, -0.2) is 28.1 Å². The number of unbranched alkanes of at least 4 members (excludes halogenated alkanes) is 3. The molecule has 4 heteroatoms. The van der Waals surface area contributed by atoms with Gasteiger partial charge in [0.15, 0.2) is 6.10 Å². The van der Waals surface area contributed by atoms with Gasteiger partial charge in [-0.05, 0) is 63.7 Å². The van der Waals surface area contributed by atoms with Crippen LogP contribution >= 0.6 is 0 Å². The molecule has 3 atom stereocenters. The number of ketones is 1. The number of aliphatic hydroxyl groups excluding tert-OH is 1. The van der Waals surface area contributed by atoms with Gasteiger partial charge in [0, 0.05) is 17.8 Å². The molecule has 1 fully saturated rings. The summed E-state index contributed by atoms with van der Waals surface area (Å²) >= 11 is 0. The highest BCUT2D eigenvalue weighted by molar-refractivity contribution is 5.83. The lowest BCUT2D eigenvalue weighted by atomic mass is 9.80. The van der Waals surface area contributed by atoms with Crippen molar-refractivity contribution < 1.29 is 19.8 Å². The number of allylic oxidation sites excluding steroid dienone is 4. The van der Waals surface area contributed by atoms with E-state index in [4.69, 9.17) is 5.11 Å². The van der Waals surface area contributed by atoms with E-state index in [9.17, 15) is 14.7 Å². The quantitative estimate of drug-likeness (QED) is 0.254. The Hall–Kier alpha value is -1.42. The number of carboxylic acids is 1. The zero-order valence-electron chi connectivity index (χ0n) is 19.8. The van der Waals surface area contributed by atoms with Crippen molar-refractivity contribution in [2.24, 2.45) is 23.2 Å². The van der Waals surface area contributed by atoms with Crippen LogP contribution in [0.5, 0.6) is 0 Å². The molecule has 1 aliphatic rings. The third-order valence-electron chi connectivity index (χ3n) is 6.40. The molecule has 1 aliphatic carbocycles. The van der Waals surface area contributed by atoms with Crippen LogP contribution in [0.2, 0.25) is 0 Å². The molecule has 0 aromatic rings. The summed E-state index contributed by atoms with van der Waals surface area (Å²) in [6.45, 7) is 10.3. The highest BCUT2D eigenvalue weighted by Gasteiger charge is 2.34.